The third kappa shape index (κ3) is 10.5. The second-order valence-corrected chi connectivity index (χ2v) is 8.22. The number of ketones is 1. The fraction of sp³-hybridized carbons (Fsp3) is 0.121. The van der Waals surface area contributed by atoms with Gasteiger partial charge in [0.2, 0.25) is 0 Å². The molecule has 0 saturated heterocycles. The summed E-state index contributed by atoms with van der Waals surface area (Å²) < 4.78 is 25.1. The van der Waals surface area contributed by atoms with E-state index in [0.29, 0.717) is 34.5 Å². The van der Waals surface area contributed by atoms with Crippen molar-refractivity contribution in [2.45, 2.75) is 29.2 Å². The Morgan fingerprint density at radius 2 is 1.22 bits per heavy atom. The maximum Gasteiger partial charge on any atom is 0.159 e. The minimum atomic E-state index is -0.315. The zero-order valence-electron chi connectivity index (χ0n) is 20.6. The van der Waals surface area contributed by atoms with E-state index in [1.807, 2.05) is 30.3 Å². The molecule has 0 aliphatic carbocycles. The fourth-order valence-corrected chi connectivity index (χ4v) is 3.30. The summed E-state index contributed by atoms with van der Waals surface area (Å²) in [4.78, 5) is 25.4. The first-order valence-corrected chi connectivity index (χ1v) is 11.4. The Hall–Kier alpha value is -5.11. The van der Waals surface area contributed by atoms with Gasteiger partial charge in [-0.05, 0) is 91.9 Å². The molecule has 0 bridgehead atoms. The van der Waals surface area contributed by atoms with Gasteiger partial charge in [-0.25, -0.2) is 13.8 Å². The van der Waals surface area contributed by atoms with Gasteiger partial charge < -0.3 is 17.2 Å². The van der Waals surface area contributed by atoms with Crippen LogP contribution in [0, 0.1) is 11.6 Å². The smallest absolute Gasteiger partial charge is 0.159 e. The molecule has 1 heterocycles. The van der Waals surface area contributed by atoms with E-state index in [1.165, 1.54) is 43.3 Å². The Morgan fingerprint density at radius 3 is 1.76 bits per heavy atom. The average Bonchev–Trinajstić information content (AvgIpc) is 2.90. The van der Waals surface area contributed by atoms with E-state index < -0.39 is 0 Å². The summed E-state index contributed by atoms with van der Waals surface area (Å²) in [7, 11) is 0. The number of nitrogens with zero attached hydrogens (tertiary/aromatic N) is 1. The highest BCUT2D eigenvalue weighted by Gasteiger charge is 2.02. The van der Waals surface area contributed by atoms with Gasteiger partial charge in [-0.1, -0.05) is 34.4 Å². The molecule has 0 aliphatic rings. The van der Waals surface area contributed by atoms with Gasteiger partial charge in [0.1, 0.15) is 11.6 Å². The molecule has 0 saturated carbocycles. The van der Waals surface area contributed by atoms with Crippen LogP contribution in [0.3, 0.4) is 0 Å². The Labute approximate surface area is 240 Å². The molecule has 0 aliphatic heterocycles. The first kappa shape index (κ1) is 35.9. The van der Waals surface area contributed by atoms with Crippen LogP contribution in [0.4, 0.5) is 25.8 Å². The quantitative estimate of drug-likeness (QED) is 0.116. The van der Waals surface area contributed by atoms with Crippen LogP contribution in [0.5, 0.6) is 0 Å². The van der Waals surface area contributed by atoms with E-state index in [2.05, 4.69) is 4.98 Å². The number of nitrogen functional groups attached to an aromatic ring is 3. The van der Waals surface area contributed by atoms with Gasteiger partial charge in [0.05, 0.1) is 11.2 Å². The third-order valence-corrected chi connectivity index (χ3v) is 5.34. The summed E-state index contributed by atoms with van der Waals surface area (Å²) in [5.74, 6) is -0.603. The second-order valence-electron chi connectivity index (χ2n) is 8.22. The van der Waals surface area contributed by atoms with E-state index in [9.17, 15) is 18.4 Å². The Bertz CT molecular complexity index is 1550. The number of Topliss-reactive ketones (excluding diaryl/α,β-unsaturated/α-hetero) is 1. The van der Waals surface area contributed by atoms with E-state index in [4.69, 9.17) is 17.2 Å². The zero-order chi connectivity index (χ0) is 27.7. The van der Waals surface area contributed by atoms with E-state index in [-0.39, 0.29) is 39.7 Å². The van der Waals surface area contributed by atoms with Gasteiger partial charge in [0.25, 0.3) is 0 Å². The molecule has 0 amide bonds. The summed E-state index contributed by atoms with van der Waals surface area (Å²) in [5.41, 5.74) is 21.8. The minimum absolute atomic E-state index is 0. The molecule has 6 N–H and O–H groups in total. The van der Waals surface area contributed by atoms with Crippen LogP contribution in [-0.4, -0.2) is 17.1 Å². The standard InChI is InChI=1S/C15H11FN2.C8H7FO.C7H8N2O.3CH4/c16-12-5-1-10(2-6-12)14-8-4-11-3-7-13(17)9-15(11)18-14;1-6(10)7-2-4-8(9)5-3-7;8-6-2-1-5(4-10)7(9)3-6;;;/h1-9H,17H2;2-5H,1H3;1-4H,8-9H2;3*1H4. The van der Waals surface area contributed by atoms with Gasteiger partial charge >= 0.3 is 0 Å². The van der Waals surface area contributed by atoms with Crippen LogP contribution in [0.1, 0.15) is 49.9 Å². The predicted octanol–water partition coefficient (Wildman–Crippen LogP) is 8.22. The van der Waals surface area contributed by atoms with Crippen molar-refractivity contribution in [1.29, 1.82) is 0 Å². The van der Waals surface area contributed by atoms with Crippen molar-refractivity contribution in [2.24, 2.45) is 0 Å². The topological polar surface area (TPSA) is 125 Å². The van der Waals surface area contributed by atoms with Crippen molar-refractivity contribution in [3.8, 4) is 11.3 Å². The van der Waals surface area contributed by atoms with Crippen molar-refractivity contribution in [2.75, 3.05) is 17.2 Å². The zero-order valence-corrected chi connectivity index (χ0v) is 20.6. The van der Waals surface area contributed by atoms with Crippen molar-refractivity contribution < 1.29 is 18.4 Å². The number of anilines is 3. The first-order chi connectivity index (χ1) is 18.2. The number of halogens is 2. The number of aldehydes is 1. The number of carbonyl (C=O) groups excluding carboxylic acids is 2. The molecule has 0 fully saturated rings. The summed E-state index contributed by atoms with van der Waals surface area (Å²) in [6, 6.07) is 26.1. The molecule has 6 nitrogen and oxygen atoms in total. The highest BCUT2D eigenvalue weighted by atomic mass is 19.1. The normalized spacial score (nSPS) is 9.24. The van der Waals surface area contributed by atoms with E-state index >= 15 is 0 Å². The second kappa shape index (κ2) is 16.8. The largest absolute Gasteiger partial charge is 0.399 e. The molecule has 5 aromatic rings. The summed E-state index contributed by atoms with van der Waals surface area (Å²) in [5, 5.41) is 1.04. The number of rotatable bonds is 3. The Balaban J connectivity index is 0.000000606. The highest BCUT2D eigenvalue weighted by molar-refractivity contribution is 5.93. The van der Waals surface area contributed by atoms with Crippen molar-refractivity contribution >= 4 is 40.0 Å². The van der Waals surface area contributed by atoms with Crippen LogP contribution in [0.25, 0.3) is 22.2 Å². The fourth-order valence-electron chi connectivity index (χ4n) is 3.30. The van der Waals surface area contributed by atoms with E-state index in [0.717, 1.165) is 22.2 Å². The summed E-state index contributed by atoms with van der Waals surface area (Å²) in [6.07, 6.45) is 0.703. The molecule has 1 aromatic heterocycles. The molecule has 0 atom stereocenters. The lowest BCUT2D eigenvalue weighted by molar-refractivity contribution is 0.101. The number of pyridine rings is 1. The molecule has 5 rings (SSSR count). The van der Waals surface area contributed by atoms with Crippen LogP contribution in [0.15, 0.2) is 97.1 Å². The summed E-state index contributed by atoms with van der Waals surface area (Å²) >= 11 is 0. The van der Waals surface area contributed by atoms with Gasteiger partial charge in [-0.15, -0.1) is 0 Å². The maximum absolute atomic E-state index is 12.9. The van der Waals surface area contributed by atoms with Crippen molar-refractivity contribution in [3.63, 3.8) is 0 Å². The number of aromatic nitrogens is 1. The number of hydrogen-bond donors (Lipinski definition) is 3. The minimum Gasteiger partial charge on any atom is -0.399 e. The number of hydrogen-bond acceptors (Lipinski definition) is 6. The van der Waals surface area contributed by atoms with Crippen LogP contribution < -0.4 is 17.2 Å². The molecular formula is C33H38F2N4O2. The maximum atomic E-state index is 12.9. The molecule has 0 unspecified atom stereocenters. The van der Waals surface area contributed by atoms with Crippen LogP contribution in [0.2, 0.25) is 0 Å². The van der Waals surface area contributed by atoms with Gasteiger partial charge in [-0.3, -0.25) is 9.59 Å². The third-order valence-electron chi connectivity index (χ3n) is 5.34. The lowest BCUT2D eigenvalue weighted by Gasteiger charge is -2.04. The number of fused-ring (bicyclic) bond motifs is 1. The Kier molecular flexibility index (Phi) is 14.7. The van der Waals surface area contributed by atoms with Crippen molar-refractivity contribution in [1.82, 2.24) is 4.98 Å². The lowest BCUT2D eigenvalue weighted by Crippen LogP contribution is -1.94. The molecule has 41 heavy (non-hydrogen) atoms. The van der Waals surface area contributed by atoms with Crippen molar-refractivity contribution in [3.05, 3.63) is 120 Å². The Morgan fingerprint density at radius 1 is 0.707 bits per heavy atom. The lowest BCUT2D eigenvalue weighted by atomic mass is 10.1. The molecule has 0 spiro atoms. The van der Waals surface area contributed by atoms with Gasteiger partial charge in [-0.2, -0.15) is 0 Å². The SMILES string of the molecule is C.C.C.CC(=O)c1ccc(F)cc1.Nc1ccc(C=O)c(N)c1.Nc1ccc2ccc(-c3ccc(F)cc3)nc2c1. The molecule has 0 radical (unpaired) electrons. The highest BCUT2D eigenvalue weighted by Crippen LogP contribution is 2.22. The monoisotopic (exact) mass is 560 g/mol. The molecule has 8 heteroatoms. The predicted molar refractivity (Wildman–Crippen MR) is 169 cm³/mol. The van der Waals surface area contributed by atoms with E-state index in [1.54, 1.807) is 30.3 Å². The summed E-state index contributed by atoms with van der Waals surface area (Å²) in [6.45, 7) is 1.45. The van der Waals surface area contributed by atoms with Crippen LogP contribution >= 0.6 is 0 Å². The number of nitrogens with two attached hydrogens (primary N) is 3. The first-order valence-electron chi connectivity index (χ1n) is 11.4. The number of benzene rings is 4. The average molecular weight is 561 g/mol. The van der Waals surface area contributed by atoms with Gasteiger partial charge in [0, 0.05) is 39.1 Å². The van der Waals surface area contributed by atoms with Crippen LogP contribution in [-0.2, 0) is 0 Å². The molecule has 4 aromatic carbocycles. The molecule has 216 valence electrons. The van der Waals surface area contributed by atoms with Gasteiger partial charge in [0.15, 0.2) is 12.1 Å². The molecular weight excluding hydrogens is 522 g/mol. The number of carbonyl (C=O) groups is 2.